The molecule has 94 heavy (non-hydrogen) atoms. The van der Waals surface area contributed by atoms with Gasteiger partial charge in [0.1, 0.15) is 30.3 Å². The van der Waals surface area contributed by atoms with Gasteiger partial charge >= 0.3 is 12.1 Å². The Hall–Kier alpha value is -7.97. The molecule has 2 aromatic rings. The van der Waals surface area contributed by atoms with Crippen molar-refractivity contribution in [2.45, 2.75) is 212 Å². The average molecular weight is 1310 g/mol. The number of primary amides is 1. The van der Waals surface area contributed by atoms with Crippen molar-refractivity contribution in [3.05, 3.63) is 77.9 Å². The third kappa shape index (κ3) is 22.6. The molecule has 1 unspecified atom stereocenters. The maximum Gasteiger partial charge on any atom is 0.408 e. The number of aliphatic hydroxyl groups is 1. The summed E-state index contributed by atoms with van der Waals surface area (Å²) in [4.78, 5) is 151. The number of carbonyl (C=O) groups excluding carboxylic acids is 11. The Bertz CT molecular complexity index is 2900. The number of methoxy groups -OCH3 is 2. The van der Waals surface area contributed by atoms with Gasteiger partial charge < -0.3 is 72.1 Å². The summed E-state index contributed by atoms with van der Waals surface area (Å²) in [5, 5.41) is 30.2. The van der Waals surface area contributed by atoms with Crippen LogP contribution >= 0.6 is 0 Å². The molecule has 10 N–H and O–H groups in total. The average Bonchev–Trinajstić information content (AvgIpc) is 1.17. The van der Waals surface area contributed by atoms with Gasteiger partial charge in [-0.1, -0.05) is 103 Å². The van der Waals surface area contributed by atoms with Crippen molar-refractivity contribution in [3.8, 4) is 0 Å². The van der Waals surface area contributed by atoms with Crippen molar-refractivity contribution in [1.29, 1.82) is 0 Å². The summed E-state index contributed by atoms with van der Waals surface area (Å²) >= 11 is 0. The van der Waals surface area contributed by atoms with E-state index >= 15 is 0 Å². The summed E-state index contributed by atoms with van der Waals surface area (Å²) in [5.41, 5.74) is 5.17. The Kier molecular flexibility index (Phi) is 30.4. The first-order valence-electron chi connectivity index (χ1n) is 33.1. The van der Waals surface area contributed by atoms with E-state index in [9.17, 15) is 57.8 Å². The van der Waals surface area contributed by atoms with Crippen molar-refractivity contribution in [2.75, 3.05) is 46.2 Å². The number of aliphatic hydroxyl groups excluding tert-OH is 1. The number of urea groups is 1. The number of nitrogens with two attached hydrogens (primary N) is 1. The number of hydrogen-bond acceptors (Lipinski definition) is 15. The molecule has 2 aliphatic heterocycles. The van der Waals surface area contributed by atoms with E-state index in [1.807, 2.05) is 18.2 Å². The second kappa shape index (κ2) is 37.2. The van der Waals surface area contributed by atoms with Gasteiger partial charge in [0, 0.05) is 65.2 Å². The highest BCUT2D eigenvalue weighted by Crippen LogP contribution is 2.35. The zero-order chi connectivity index (χ0) is 69.4. The Morgan fingerprint density at radius 2 is 1.38 bits per heavy atom. The van der Waals surface area contributed by atoms with Gasteiger partial charge in [-0.3, -0.25) is 48.1 Å². The smallest absolute Gasteiger partial charge is 0.408 e. The molecule has 0 bridgehead atoms. The number of likely N-dealkylation sites (N-methyl/N-ethyl adjacent to an activating group) is 1. The standard InChI is InChI=1S/C68H103N11O15/c1-41(2)56(74-52(80)29-19-14-20-37-79-53(81)34-35-54(79)82)63(87)73-49(27-21-36-70-66(69)90)62(86)72-48-32-30-45(31-33-48)40-94-67(91)76-68(7,8)65(89)75-57(42(3)4)64(88)77(9)58(46-23-15-12-16-24-46)51(92-10)39-55(83)78-38-22-28-50(78)60(93-11)43(5)61(85)71-44(6)59(84)47-25-17-13-18-26-47/h13,17-18,25-26,30-35,41-44,46,49-51,56-60,84H,12,14-16,19-24,27-29,36-40H2,1-11H3,(H,71,85)(H,72,86)(H,73,87)(H,74,80)(H,75,89)(H,76,91)(H3,69,70,90)/t43-,44-,49?,50+,51-,56+,57+,58+,59-,60-/m1/s1. The Morgan fingerprint density at radius 1 is 0.734 bits per heavy atom. The zero-order valence-electron chi connectivity index (χ0n) is 56.7. The van der Waals surface area contributed by atoms with E-state index in [0.717, 1.165) is 37.0 Å². The number of rotatable bonds is 36. The van der Waals surface area contributed by atoms with Crippen LogP contribution in [0.15, 0.2) is 66.7 Å². The highest BCUT2D eigenvalue weighted by Gasteiger charge is 2.45. The highest BCUT2D eigenvalue weighted by atomic mass is 16.5. The van der Waals surface area contributed by atoms with E-state index in [1.165, 1.54) is 40.2 Å². The van der Waals surface area contributed by atoms with Gasteiger partial charge in [-0.15, -0.1) is 0 Å². The minimum Gasteiger partial charge on any atom is -0.445 e. The summed E-state index contributed by atoms with van der Waals surface area (Å²) in [6.45, 7) is 14.1. The number of anilines is 1. The topological polar surface area (TPSA) is 356 Å². The number of hydrogen-bond donors (Lipinski definition) is 9. The Morgan fingerprint density at radius 3 is 1.99 bits per heavy atom. The van der Waals surface area contributed by atoms with Gasteiger partial charge in [0.15, 0.2) is 0 Å². The molecule has 1 saturated carbocycles. The van der Waals surface area contributed by atoms with Gasteiger partial charge in [0.2, 0.25) is 41.4 Å². The zero-order valence-corrected chi connectivity index (χ0v) is 56.7. The molecule has 12 amide bonds. The molecule has 26 nitrogen and oxygen atoms in total. The van der Waals surface area contributed by atoms with Crippen LogP contribution in [0.4, 0.5) is 15.3 Å². The van der Waals surface area contributed by atoms with Crippen molar-refractivity contribution >= 4 is 71.0 Å². The largest absolute Gasteiger partial charge is 0.445 e. The predicted octanol–water partition coefficient (Wildman–Crippen LogP) is 5.02. The highest BCUT2D eigenvalue weighted by molar-refractivity contribution is 6.12. The van der Waals surface area contributed by atoms with Crippen LogP contribution in [0, 0.1) is 23.7 Å². The van der Waals surface area contributed by atoms with Gasteiger partial charge in [-0.05, 0) is 113 Å². The number of benzene rings is 2. The Balaban J connectivity index is 1.16. The summed E-state index contributed by atoms with van der Waals surface area (Å²) in [6.07, 6.45) is 6.80. The molecule has 10 atom stereocenters. The lowest BCUT2D eigenvalue weighted by atomic mass is 9.80. The number of unbranched alkanes of at least 4 members (excludes halogenated alkanes) is 2. The monoisotopic (exact) mass is 1310 g/mol. The van der Waals surface area contributed by atoms with Crippen molar-refractivity contribution in [1.82, 2.24) is 46.6 Å². The molecule has 26 heteroatoms. The Labute approximate surface area is 553 Å². The molecule has 0 spiro atoms. The normalized spacial score (nSPS) is 18.0. The van der Waals surface area contributed by atoms with Crippen LogP contribution in [0.1, 0.15) is 163 Å². The predicted molar refractivity (Wildman–Crippen MR) is 351 cm³/mol. The first-order chi connectivity index (χ1) is 44.6. The number of nitrogens with one attached hydrogen (secondary N) is 7. The molecule has 2 heterocycles. The molecule has 1 aliphatic carbocycles. The number of carbonyl (C=O) groups is 11. The fourth-order valence-electron chi connectivity index (χ4n) is 12.5. The molecule has 3 aliphatic rings. The maximum atomic E-state index is 14.9. The summed E-state index contributed by atoms with van der Waals surface area (Å²) in [5.74, 6) is -5.41. The van der Waals surface area contributed by atoms with Crippen molar-refractivity contribution in [3.63, 3.8) is 0 Å². The third-order valence-corrected chi connectivity index (χ3v) is 18.0. The van der Waals surface area contributed by atoms with E-state index in [4.69, 9.17) is 19.9 Å². The van der Waals surface area contributed by atoms with Gasteiger partial charge in [0.25, 0.3) is 11.8 Å². The molecular weight excluding hydrogens is 1210 g/mol. The summed E-state index contributed by atoms with van der Waals surface area (Å²) in [6, 6.07) is 9.89. The first kappa shape index (κ1) is 76.7. The second-order valence-corrected chi connectivity index (χ2v) is 26.2. The molecule has 0 radical (unpaired) electrons. The maximum absolute atomic E-state index is 14.9. The minimum absolute atomic E-state index is 0.0261. The molecule has 1 saturated heterocycles. The van der Waals surface area contributed by atoms with Crippen LogP contribution < -0.4 is 43.0 Å². The molecule has 0 aromatic heterocycles. The van der Waals surface area contributed by atoms with E-state index in [-0.39, 0.29) is 86.8 Å². The number of ether oxygens (including phenoxy) is 3. The molecule has 520 valence electrons. The number of nitrogens with zero attached hydrogens (tertiary/aromatic N) is 3. The molecular formula is C68H103N11O15. The van der Waals surface area contributed by atoms with E-state index in [1.54, 1.807) is 94.8 Å². The van der Waals surface area contributed by atoms with Crippen LogP contribution in [0.5, 0.6) is 0 Å². The fourth-order valence-corrected chi connectivity index (χ4v) is 12.5. The molecule has 2 fully saturated rings. The van der Waals surface area contributed by atoms with Crippen LogP contribution in [0.3, 0.4) is 0 Å². The lowest BCUT2D eigenvalue weighted by molar-refractivity contribution is -0.148. The molecule has 2 aromatic carbocycles. The lowest BCUT2D eigenvalue weighted by Crippen LogP contribution is -2.62. The summed E-state index contributed by atoms with van der Waals surface area (Å²) in [7, 11) is 4.73. The third-order valence-electron chi connectivity index (χ3n) is 18.0. The number of imide groups is 1. The van der Waals surface area contributed by atoms with Crippen LogP contribution in [-0.2, 0) is 64.0 Å². The number of alkyl carbamates (subject to hydrolysis) is 1. The van der Waals surface area contributed by atoms with E-state index in [2.05, 4.69) is 37.2 Å². The SMILES string of the molecule is CO[C@H]([C@@H](C)C(=O)N[C@H](C)[C@@H](O)c1ccccc1)[C@@H]1CCCN1C(=O)C[C@@H](OC)[C@H](C1CCCCC1)N(C)C(=O)[C@@H](NC(=O)C(C)(C)NC(=O)OCc1ccc(NC(=O)C(CCCNC(N)=O)NC(=O)[C@@H](NC(=O)CCCCCN2C(=O)C=CC2=O)C(C)C)cc1)C(C)C. The minimum atomic E-state index is -1.59. The first-order valence-corrected chi connectivity index (χ1v) is 33.1. The fraction of sp³-hybridized carbons (Fsp3) is 0.632. The van der Waals surface area contributed by atoms with Crippen molar-refractivity contribution < 1.29 is 72.1 Å². The lowest BCUT2D eigenvalue weighted by Gasteiger charge is -2.43. The quantitative estimate of drug-likeness (QED) is 0.0319. The van der Waals surface area contributed by atoms with Gasteiger partial charge in [0.05, 0.1) is 48.8 Å². The van der Waals surface area contributed by atoms with Crippen LogP contribution in [0.25, 0.3) is 0 Å². The summed E-state index contributed by atoms with van der Waals surface area (Å²) < 4.78 is 17.7. The number of amides is 12. The number of likely N-dealkylation sites (tertiary alicyclic amines) is 1. The van der Waals surface area contributed by atoms with Crippen molar-refractivity contribution in [2.24, 2.45) is 29.4 Å². The second-order valence-electron chi connectivity index (χ2n) is 26.2. The van der Waals surface area contributed by atoms with Gasteiger partial charge in [-0.2, -0.15) is 0 Å². The van der Waals surface area contributed by atoms with Crippen LogP contribution in [-0.4, -0.2) is 180 Å². The van der Waals surface area contributed by atoms with Crippen LogP contribution in [0.2, 0.25) is 0 Å². The van der Waals surface area contributed by atoms with Gasteiger partial charge in [-0.25, -0.2) is 9.59 Å². The van der Waals surface area contributed by atoms with E-state index < -0.39 is 108 Å². The molecule has 5 rings (SSSR count). The van der Waals surface area contributed by atoms with E-state index in [0.29, 0.717) is 55.5 Å².